The molecule has 0 saturated carbocycles. The monoisotopic (exact) mass is 533 g/mol. The highest BCUT2D eigenvalue weighted by Gasteiger charge is 2.33. The quantitative estimate of drug-likeness (QED) is 0.275. The van der Waals surface area contributed by atoms with Gasteiger partial charge in [-0.2, -0.15) is 0 Å². The van der Waals surface area contributed by atoms with Crippen LogP contribution in [0.25, 0.3) is 11.1 Å². The van der Waals surface area contributed by atoms with Crippen LogP contribution >= 0.6 is 27.3 Å². The Balaban J connectivity index is 1.55. The van der Waals surface area contributed by atoms with Crippen molar-refractivity contribution in [3.05, 3.63) is 99.3 Å². The van der Waals surface area contributed by atoms with Gasteiger partial charge >= 0.3 is 5.97 Å². The van der Waals surface area contributed by atoms with Crippen molar-refractivity contribution in [1.82, 2.24) is 0 Å². The van der Waals surface area contributed by atoms with Crippen molar-refractivity contribution in [3.63, 3.8) is 0 Å². The van der Waals surface area contributed by atoms with Crippen LogP contribution < -0.4 is 10.1 Å². The molecule has 3 aromatic carbocycles. The third kappa shape index (κ3) is 4.13. The Kier molecular flexibility index (Phi) is 6.22. The minimum absolute atomic E-state index is 0.238. The number of nitrogens with one attached hydrogen (secondary N) is 1. The number of benzene rings is 3. The summed E-state index contributed by atoms with van der Waals surface area (Å²) in [6.45, 7) is 2.00. The Bertz CT molecular complexity index is 1330. The van der Waals surface area contributed by atoms with Gasteiger partial charge in [0.2, 0.25) is 5.91 Å². The number of halogens is 1. The molecule has 5 rings (SSSR count). The van der Waals surface area contributed by atoms with Gasteiger partial charge in [0.25, 0.3) is 0 Å². The SMILES string of the molecule is CCOC(=O)c1c(-c2ccc(Br)cc2)csc1NC(=O)C1c2ccccc2Oc2ccccc21. The summed E-state index contributed by atoms with van der Waals surface area (Å²) in [4.78, 5) is 26.6. The first-order valence-corrected chi connectivity index (χ1v) is 12.4. The maximum atomic E-state index is 13.7. The molecule has 1 aromatic heterocycles. The van der Waals surface area contributed by atoms with Crippen LogP contribution in [0.2, 0.25) is 0 Å². The van der Waals surface area contributed by atoms with Crippen LogP contribution in [-0.4, -0.2) is 18.5 Å². The van der Waals surface area contributed by atoms with E-state index < -0.39 is 11.9 Å². The number of thiophene rings is 1. The molecule has 0 bridgehead atoms. The van der Waals surface area contributed by atoms with E-state index in [-0.39, 0.29) is 12.5 Å². The van der Waals surface area contributed by atoms with Crippen LogP contribution in [0.3, 0.4) is 0 Å². The minimum atomic E-state index is -0.575. The third-order valence-electron chi connectivity index (χ3n) is 5.60. The van der Waals surface area contributed by atoms with Crippen LogP contribution in [-0.2, 0) is 9.53 Å². The molecule has 0 unspecified atom stereocenters. The number of anilines is 1. The molecule has 0 fully saturated rings. The molecule has 0 radical (unpaired) electrons. The second-order valence-corrected chi connectivity index (χ2v) is 9.48. The lowest BCUT2D eigenvalue weighted by Crippen LogP contribution is -2.25. The van der Waals surface area contributed by atoms with Gasteiger partial charge in [-0.15, -0.1) is 11.3 Å². The Morgan fingerprint density at radius 1 is 0.971 bits per heavy atom. The highest BCUT2D eigenvalue weighted by molar-refractivity contribution is 9.10. The van der Waals surface area contributed by atoms with Gasteiger partial charge < -0.3 is 14.8 Å². The molecule has 34 heavy (non-hydrogen) atoms. The second-order valence-electron chi connectivity index (χ2n) is 7.68. The van der Waals surface area contributed by atoms with E-state index in [0.29, 0.717) is 22.1 Å². The third-order valence-corrected chi connectivity index (χ3v) is 7.03. The molecule has 4 aromatic rings. The summed E-state index contributed by atoms with van der Waals surface area (Å²) in [6, 6.07) is 22.7. The molecule has 0 spiro atoms. The molecular weight excluding hydrogens is 514 g/mol. The van der Waals surface area contributed by atoms with E-state index >= 15 is 0 Å². The van der Waals surface area contributed by atoms with Crippen LogP contribution in [0.1, 0.15) is 34.3 Å². The number of carbonyl (C=O) groups excluding carboxylic acids is 2. The summed E-state index contributed by atoms with van der Waals surface area (Å²) >= 11 is 4.75. The van der Waals surface area contributed by atoms with E-state index in [2.05, 4.69) is 21.2 Å². The molecule has 1 aliphatic rings. The standard InChI is InChI=1S/C27H20BrNO4S/c1-2-32-27(31)24-20(16-11-13-17(28)14-12-16)15-34-26(24)29-25(30)23-18-7-3-5-9-21(18)33-22-10-6-4-8-19(22)23/h3-15,23H,2H2,1H3,(H,29,30). The molecule has 7 heteroatoms. The average Bonchev–Trinajstić information content (AvgIpc) is 3.26. The van der Waals surface area contributed by atoms with E-state index in [1.165, 1.54) is 11.3 Å². The van der Waals surface area contributed by atoms with Crippen molar-refractivity contribution in [3.8, 4) is 22.6 Å². The fraction of sp³-hybridized carbons (Fsp3) is 0.111. The van der Waals surface area contributed by atoms with Gasteiger partial charge in [0, 0.05) is 26.5 Å². The van der Waals surface area contributed by atoms with E-state index in [1.54, 1.807) is 6.92 Å². The predicted molar refractivity (Wildman–Crippen MR) is 137 cm³/mol. The van der Waals surface area contributed by atoms with Gasteiger partial charge in [-0.05, 0) is 36.8 Å². The number of para-hydroxylation sites is 2. The van der Waals surface area contributed by atoms with E-state index in [9.17, 15) is 9.59 Å². The Morgan fingerprint density at radius 3 is 2.21 bits per heavy atom. The topological polar surface area (TPSA) is 64.6 Å². The molecule has 0 aliphatic carbocycles. The molecular formula is C27H20BrNO4S. The molecule has 0 atom stereocenters. The summed E-state index contributed by atoms with van der Waals surface area (Å²) in [5, 5.41) is 5.35. The number of esters is 1. The van der Waals surface area contributed by atoms with Crippen LogP contribution in [0.15, 0.2) is 82.6 Å². The number of rotatable bonds is 5. The van der Waals surface area contributed by atoms with E-state index in [0.717, 1.165) is 26.7 Å². The van der Waals surface area contributed by atoms with E-state index in [4.69, 9.17) is 9.47 Å². The van der Waals surface area contributed by atoms with Crippen molar-refractivity contribution in [2.24, 2.45) is 0 Å². The lowest BCUT2D eigenvalue weighted by molar-refractivity contribution is -0.116. The fourth-order valence-electron chi connectivity index (χ4n) is 4.07. The second kappa shape index (κ2) is 9.44. The number of ether oxygens (including phenoxy) is 2. The largest absolute Gasteiger partial charge is 0.462 e. The first-order valence-electron chi connectivity index (χ1n) is 10.8. The van der Waals surface area contributed by atoms with Crippen molar-refractivity contribution in [1.29, 1.82) is 0 Å². The zero-order valence-corrected chi connectivity index (χ0v) is 20.6. The lowest BCUT2D eigenvalue weighted by Gasteiger charge is -2.27. The summed E-state index contributed by atoms with van der Waals surface area (Å²) in [5.41, 5.74) is 3.50. The predicted octanol–water partition coefficient (Wildman–Crippen LogP) is 7.23. The lowest BCUT2D eigenvalue weighted by atomic mass is 9.87. The van der Waals surface area contributed by atoms with Gasteiger partial charge in [-0.1, -0.05) is 64.5 Å². The molecule has 1 N–H and O–H groups in total. The first kappa shape index (κ1) is 22.4. The number of fused-ring (bicyclic) bond motifs is 2. The van der Waals surface area contributed by atoms with Crippen LogP contribution in [0.5, 0.6) is 11.5 Å². The maximum Gasteiger partial charge on any atom is 0.341 e. The minimum Gasteiger partial charge on any atom is -0.462 e. The van der Waals surface area contributed by atoms with Gasteiger partial charge in [0.05, 0.1) is 12.5 Å². The molecule has 2 heterocycles. The molecule has 5 nitrogen and oxygen atoms in total. The molecule has 1 amide bonds. The van der Waals surface area contributed by atoms with Gasteiger partial charge in [0.15, 0.2) is 0 Å². The van der Waals surface area contributed by atoms with Gasteiger partial charge in [0.1, 0.15) is 22.1 Å². The zero-order chi connectivity index (χ0) is 23.7. The molecule has 0 saturated heterocycles. The van der Waals surface area contributed by atoms with Crippen molar-refractivity contribution < 1.29 is 19.1 Å². The Labute approximate surface area is 209 Å². The summed E-state index contributed by atoms with van der Waals surface area (Å²) < 4.78 is 12.3. The fourth-order valence-corrected chi connectivity index (χ4v) is 5.30. The smallest absolute Gasteiger partial charge is 0.341 e. The maximum absolute atomic E-state index is 13.7. The normalized spacial score (nSPS) is 12.3. The number of amides is 1. The first-order chi connectivity index (χ1) is 16.6. The number of hydrogen-bond donors (Lipinski definition) is 1. The Hall–Kier alpha value is -3.42. The van der Waals surface area contributed by atoms with Crippen molar-refractivity contribution >= 4 is 44.1 Å². The van der Waals surface area contributed by atoms with Gasteiger partial charge in [-0.3, -0.25) is 4.79 Å². The summed E-state index contributed by atoms with van der Waals surface area (Å²) in [5.74, 6) is 0.0134. The highest BCUT2D eigenvalue weighted by atomic mass is 79.9. The van der Waals surface area contributed by atoms with Crippen LogP contribution in [0, 0.1) is 0 Å². The van der Waals surface area contributed by atoms with Crippen molar-refractivity contribution in [2.75, 3.05) is 11.9 Å². The van der Waals surface area contributed by atoms with Crippen LogP contribution in [0.4, 0.5) is 5.00 Å². The zero-order valence-electron chi connectivity index (χ0n) is 18.2. The number of hydrogen-bond acceptors (Lipinski definition) is 5. The summed E-state index contributed by atoms with van der Waals surface area (Å²) in [7, 11) is 0. The highest BCUT2D eigenvalue weighted by Crippen LogP contribution is 2.45. The average molecular weight is 534 g/mol. The van der Waals surface area contributed by atoms with Gasteiger partial charge in [-0.25, -0.2) is 4.79 Å². The Morgan fingerprint density at radius 2 is 1.59 bits per heavy atom. The molecule has 170 valence electrons. The summed E-state index contributed by atoms with van der Waals surface area (Å²) in [6.07, 6.45) is 0. The number of carbonyl (C=O) groups is 2. The van der Waals surface area contributed by atoms with Crippen molar-refractivity contribution in [2.45, 2.75) is 12.8 Å². The van der Waals surface area contributed by atoms with E-state index in [1.807, 2.05) is 78.2 Å². The molecule has 1 aliphatic heterocycles.